The molecule has 7 heteroatoms. The van der Waals surface area contributed by atoms with Gasteiger partial charge in [-0.1, -0.05) is 6.07 Å². The number of halogens is 2. The molecule has 2 heterocycles. The zero-order valence-electron chi connectivity index (χ0n) is 15.0. The van der Waals surface area contributed by atoms with Crippen molar-refractivity contribution in [1.82, 2.24) is 9.55 Å². The molecule has 0 amide bonds. The molecular weight excluding hydrogens is 364 g/mol. The van der Waals surface area contributed by atoms with E-state index in [9.17, 15) is 13.6 Å². The number of aryl methyl sites for hydroxylation is 1. The lowest BCUT2D eigenvalue weighted by Crippen LogP contribution is -2.15. The van der Waals surface area contributed by atoms with Crippen molar-refractivity contribution in [1.29, 1.82) is 0 Å². The zero-order valence-corrected chi connectivity index (χ0v) is 15.0. The van der Waals surface area contributed by atoms with E-state index in [0.717, 1.165) is 23.3 Å². The molecule has 0 radical (unpaired) electrons. The van der Waals surface area contributed by atoms with Gasteiger partial charge in [-0.2, -0.15) is 0 Å². The SMILES string of the molecule is Cn1ccc2c(-c3cc(CN)ccc3Oc3ccc(F)cc3F)c[nH]c2c1=O. The monoisotopic (exact) mass is 381 g/mol. The number of rotatable bonds is 4. The summed E-state index contributed by atoms with van der Waals surface area (Å²) in [6.07, 6.45) is 3.38. The Morgan fingerprint density at radius 1 is 1.07 bits per heavy atom. The average Bonchev–Trinajstić information content (AvgIpc) is 3.11. The smallest absolute Gasteiger partial charge is 0.274 e. The fourth-order valence-corrected chi connectivity index (χ4v) is 3.12. The van der Waals surface area contributed by atoms with Crippen LogP contribution in [0.2, 0.25) is 0 Å². The molecule has 4 aromatic rings. The lowest BCUT2D eigenvalue weighted by Gasteiger charge is -2.13. The maximum Gasteiger partial charge on any atom is 0.274 e. The molecule has 0 aliphatic heterocycles. The van der Waals surface area contributed by atoms with Crippen molar-refractivity contribution >= 4 is 10.9 Å². The van der Waals surface area contributed by atoms with Crippen LogP contribution in [0, 0.1) is 11.6 Å². The molecule has 0 saturated heterocycles. The summed E-state index contributed by atoms with van der Waals surface area (Å²) in [5.41, 5.74) is 8.28. The number of ether oxygens (including phenoxy) is 1. The van der Waals surface area contributed by atoms with Crippen molar-refractivity contribution in [3.63, 3.8) is 0 Å². The summed E-state index contributed by atoms with van der Waals surface area (Å²) < 4.78 is 34.5. The number of nitrogens with two attached hydrogens (primary N) is 1. The molecule has 4 rings (SSSR count). The number of nitrogens with one attached hydrogen (secondary N) is 1. The first kappa shape index (κ1) is 17.9. The maximum absolute atomic E-state index is 14.1. The number of aromatic nitrogens is 2. The van der Waals surface area contributed by atoms with Crippen LogP contribution >= 0.6 is 0 Å². The molecule has 0 atom stereocenters. The highest BCUT2D eigenvalue weighted by atomic mass is 19.1. The van der Waals surface area contributed by atoms with Crippen molar-refractivity contribution in [2.75, 3.05) is 0 Å². The van der Waals surface area contributed by atoms with Crippen molar-refractivity contribution in [2.24, 2.45) is 12.8 Å². The Bertz CT molecular complexity index is 1240. The van der Waals surface area contributed by atoms with Crippen LogP contribution in [0.3, 0.4) is 0 Å². The highest BCUT2D eigenvalue weighted by molar-refractivity contribution is 5.96. The summed E-state index contributed by atoms with van der Waals surface area (Å²) in [5.74, 6) is -1.22. The first-order valence-corrected chi connectivity index (χ1v) is 8.61. The Balaban J connectivity index is 1.89. The van der Waals surface area contributed by atoms with Crippen molar-refractivity contribution in [3.05, 3.63) is 82.4 Å². The van der Waals surface area contributed by atoms with E-state index in [-0.39, 0.29) is 11.3 Å². The van der Waals surface area contributed by atoms with E-state index >= 15 is 0 Å². The first-order chi connectivity index (χ1) is 13.5. The molecule has 2 aromatic heterocycles. The van der Waals surface area contributed by atoms with E-state index in [1.54, 1.807) is 31.6 Å². The van der Waals surface area contributed by atoms with Crippen molar-refractivity contribution in [3.8, 4) is 22.6 Å². The first-order valence-electron chi connectivity index (χ1n) is 8.61. The molecule has 2 aromatic carbocycles. The molecule has 0 aliphatic rings. The minimum absolute atomic E-state index is 0.0982. The van der Waals surface area contributed by atoms with Gasteiger partial charge in [0.1, 0.15) is 17.1 Å². The Hall–Kier alpha value is -3.45. The number of aromatic amines is 1. The number of H-pyrrole nitrogens is 1. The van der Waals surface area contributed by atoms with Gasteiger partial charge in [0.05, 0.1) is 0 Å². The van der Waals surface area contributed by atoms with Crippen LogP contribution in [0.15, 0.2) is 59.7 Å². The van der Waals surface area contributed by atoms with E-state index in [4.69, 9.17) is 10.5 Å². The molecule has 5 nitrogen and oxygen atoms in total. The van der Waals surface area contributed by atoms with Gasteiger partial charge >= 0.3 is 0 Å². The molecule has 142 valence electrons. The van der Waals surface area contributed by atoms with Gasteiger partial charge in [-0.15, -0.1) is 0 Å². The van der Waals surface area contributed by atoms with Crippen LogP contribution in [0.1, 0.15) is 5.56 Å². The maximum atomic E-state index is 14.1. The second kappa shape index (κ2) is 6.94. The topological polar surface area (TPSA) is 73.0 Å². The Labute approximate surface area is 159 Å². The number of benzene rings is 2. The predicted molar refractivity (Wildman–Crippen MR) is 103 cm³/mol. The number of nitrogens with zero attached hydrogens (tertiary/aromatic N) is 1. The molecule has 28 heavy (non-hydrogen) atoms. The molecule has 3 N–H and O–H groups in total. The van der Waals surface area contributed by atoms with Gasteiger partial charge in [0.2, 0.25) is 0 Å². The summed E-state index contributed by atoms with van der Waals surface area (Å²) >= 11 is 0. The van der Waals surface area contributed by atoms with Gasteiger partial charge in [0.25, 0.3) is 5.56 Å². The van der Waals surface area contributed by atoms with E-state index in [0.29, 0.717) is 28.8 Å². The van der Waals surface area contributed by atoms with Crippen LogP contribution in [-0.2, 0) is 13.6 Å². The molecular formula is C21H17F2N3O2. The second-order valence-electron chi connectivity index (χ2n) is 6.43. The minimum atomic E-state index is -0.804. The summed E-state index contributed by atoms with van der Waals surface area (Å²) in [4.78, 5) is 15.3. The van der Waals surface area contributed by atoms with Crippen LogP contribution < -0.4 is 16.0 Å². The Morgan fingerprint density at radius 2 is 1.86 bits per heavy atom. The summed E-state index contributed by atoms with van der Waals surface area (Å²) in [7, 11) is 1.67. The average molecular weight is 381 g/mol. The van der Waals surface area contributed by atoms with Crippen LogP contribution in [0.25, 0.3) is 22.0 Å². The standard InChI is InChI=1S/C21H17F2N3O2/c1-26-7-6-14-16(11-25-20(14)21(26)27)15-8-12(10-24)2-4-18(15)28-19-5-3-13(22)9-17(19)23/h2-9,11,25H,10,24H2,1H3. The molecule has 0 aliphatic carbocycles. The Kier molecular flexibility index (Phi) is 4.44. The normalized spacial score (nSPS) is 11.1. The van der Waals surface area contributed by atoms with E-state index in [1.165, 1.54) is 10.6 Å². The van der Waals surface area contributed by atoms with Crippen LogP contribution in [0.5, 0.6) is 11.5 Å². The van der Waals surface area contributed by atoms with Gasteiger partial charge in [-0.25, -0.2) is 8.78 Å². The number of hydrogen-bond donors (Lipinski definition) is 2. The summed E-state index contributed by atoms with van der Waals surface area (Å²) in [6, 6.07) is 10.2. The molecule has 0 bridgehead atoms. The van der Waals surface area contributed by atoms with Crippen molar-refractivity contribution in [2.45, 2.75) is 6.54 Å². The summed E-state index contributed by atoms with van der Waals surface area (Å²) in [5, 5.41) is 0.710. The summed E-state index contributed by atoms with van der Waals surface area (Å²) in [6.45, 7) is 0.308. The number of fused-ring (bicyclic) bond motifs is 1. The van der Waals surface area contributed by atoms with E-state index < -0.39 is 11.6 Å². The van der Waals surface area contributed by atoms with Gasteiger partial charge in [0, 0.05) is 48.6 Å². The van der Waals surface area contributed by atoms with Gasteiger partial charge in [-0.05, 0) is 35.9 Å². The largest absolute Gasteiger partial charge is 0.454 e. The molecule has 0 saturated carbocycles. The second-order valence-corrected chi connectivity index (χ2v) is 6.43. The highest BCUT2D eigenvalue weighted by Gasteiger charge is 2.16. The Morgan fingerprint density at radius 3 is 2.61 bits per heavy atom. The molecule has 0 fully saturated rings. The molecule has 0 spiro atoms. The number of hydrogen-bond acceptors (Lipinski definition) is 3. The fraction of sp³-hybridized carbons (Fsp3) is 0.0952. The fourth-order valence-electron chi connectivity index (χ4n) is 3.12. The highest BCUT2D eigenvalue weighted by Crippen LogP contribution is 2.38. The lowest BCUT2D eigenvalue weighted by molar-refractivity contribution is 0.439. The lowest BCUT2D eigenvalue weighted by atomic mass is 10.0. The zero-order chi connectivity index (χ0) is 19.8. The van der Waals surface area contributed by atoms with Gasteiger partial charge < -0.3 is 20.0 Å². The van der Waals surface area contributed by atoms with Gasteiger partial charge in [0.15, 0.2) is 11.6 Å². The van der Waals surface area contributed by atoms with E-state index in [2.05, 4.69) is 4.98 Å². The number of pyridine rings is 1. The third-order valence-electron chi connectivity index (χ3n) is 4.60. The van der Waals surface area contributed by atoms with Crippen LogP contribution in [0.4, 0.5) is 8.78 Å². The van der Waals surface area contributed by atoms with Gasteiger partial charge in [-0.3, -0.25) is 4.79 Å². The van der Waals surface area contributed by atoms with E-state index in [1.807, 2.05) is 12.1 Å². The molecule has 0 unspecified atom stereocenters. The third kappa shape index (κ3) is 3.05. The van der Waals surface area contributed by atoms with Crippen LogP contribution in [-0.4, -0.2) is 9.55 Å². The minimum Gasteiger partial charge on any atom is -0.454 e. The quantitative estimate of drug-likeness (QED) is 0.560. The predicted octanol–water partition coefficient (Wildman–Crippen LogP) is 4.06. The van der Waals surface area contributed by atoms with Crippen molar-refractivity contribution < 1.29 is 13.5 Å². The third-order valence-corrected chi connectivity index (χ3v) is 4.60.